The van der Waals surface area contributed by atoms with E-state index in [2.05, 4.69) is 5.32 Å². The lowest BCUT2D eigenvalue weighted by molar-refractivity contribution is -0.120. The van der Waals surface area contributed by atoms with E-state index in [-0.39, 0.29) is 22.8 Å². The molecule has 1 N–H and O–H groups in total. The fourth-order valence-electron chi connectivity index (χ4n) is 2.61. The second-order valence-corrected chi connectivity index (χ2v) is 9.04. The summed E-state index contributed by atoms with van der Waals surface area (Å²) in [5.41, 5.74) is 0.972. The molecule has 2 heterocycles. The van der Waals surface area contributed by atoms with Crippen molar-refractivity contribution in [3.8, 4) is 0 Å². The monoisotopic (exact) mass is 397 g/mol. The lowest BCUT2D eigenvalue weighted by atomic mass is 10.2. The molecule has 0 bridgehead atoms. The lowest BCUT2D eigenvalue weighted by Crippen LogP contribution is -2.33. The summed E-state index contributed by atoms with van der Waals surface area (Å²) in [6, 6.07) is -0.0292. The first kappa shape index (κ1) is 20.9. The van der Waals surface area contributed by atoms with Crippen molar-refractivity contribution in [2.24, 2.45) is 0 Å². The number of hydrogen-bond acceptors (Lipinski definition) is 6. The molecule has 26 heavy (non-hydrogen) atoms. The number of nitrogens with one attached hydrogen (secondary N) is 1. The van der Waals surface area contributed by atoms with Gasteiger partial charge in [-0.05, 0) is 46.6 Å². The number of thiophene rings is 1. The van der Waals surface area contributed by atoms with Crippen LogP contribution in [0.3, 0.4) is 0 Å². The van der Waals surface area contributed by atoms with Crippen LogP contribution in [-0.4, -0.2) is 41.0 Å². The SMILES string of the molecule is COCCCNC(=O)C(C)Sc1nc2sc(C)c(C)c2c(=O)n1C(C)C. The molecule has 1 amide bonds. The highest BCUT2D eigenvalue weighted by atomic mass is 32.2. The third-order valence-electron chi connectivity index (χ3n) is 4.19. The summed E-state index contributed by atoms with van der Waals surface area (Å²) in [6.07, 6.45) is 0.772. The second-order valence-electron chi connectivity index (χ2n) is 6.52. The summed E-state index contributed by atoms with van der Waals surface area (Å²) >= 11 is 2.86. The van der Waals surface area contributed by atoms with E-state index in [0.29, 0.717) is 23.7 Å². The van der Waals surface area contributed by atoms with Crippen LogP contribution in [-0.2, 0) is 9.53 Å². The van der Waals surface area contributed by atoms with E-state index >= 15 is 0 Å². The highest BCUT2D eigenvalue weighted by Gasteiger charge is 2.22. The number of rotatable bonds is 8. The minimum absolute atomic E-state index is 0.0259. The molecule has 0 aliphatic carbocycles. The molecule has 1 unspecified atom stereocenters. The molecule has 8 heteroatoms. The number of ether oxygens (including phenoxy) is 1. The van der Waals surface area contributed by atoms with E-state index in [1.54, 1.807) is 11.7 Å². The largest absolute Gasteiger partial charge is 0.385 e. The average molecular weight is 398 g/mol. The van der Waals surface area contributed by atoms with Crippen LogP contribution in [0.1, 0.15) is 43.7 Å². The van der Waals surface area contributed by atoms with Crippen LogP contribution in [0.5, 0.6) is 0 Å². The standard InChI is InChI=1S/C18H27N3O3S2/c1-10(2)21-17(23)14-11(3)12(4)25-16(14)20-18(21)26-13(5)15(22)19-8-7-9-24-6/h10,13H,7-9H2,1-6H3,(H,19,22). The summed E-state index contributed by atoms with van der Waals surface area (Å²) in [5.74, 6) is -0.0608. The van der Waals surface area contributed by atoms with E-state index in [0.717, 1.165) is 21.7 Å². The zero-order chi connectivity index (χ0) is 19.4. The second kappa shape index (κ2) is 9.01. The molecular formula is C18H27N3O3S2. The number of fused-ring (bicyclic) bond motifs is 1. The highest BCUT2D eigenvalue weighted by Crippen LogP contribution is 2.30. The Balaban J connectivity index is 2.29. The van der Waals surface area contributed by atoms with Gasteiger partial charge in [-0.1, -0.05) is 11.8 Å². The Kier molecular flexibility index (Phi) is 7.25. The Morgan fingerprint density at radius 2 is 2.04 bits per heavy atom. The molecule has 2 aromatic heterocycles. The van der Waals surface area contributed by atoms with Gasteiger partial charge in [-0.15, -0.1) is 11.3 Å². The Morgan fingerprint density at radius 3 is 2.65 bits per heavy atom. The number of nitrogens with zero attached hydrogens (tertiary/aromatic N) is 2. The van der Waals surface area contributed by atoms with E-state index < -0.39 is 0 Å². The number of thioether (sulfide) groups is 1. The number of carbonyl (C=O) groups excluding carboxylic acids is 1. The molecule has 0 aromatic carbocycles. The number of carbonyl (C=O) groups is 1. The molecule has 2 aromatic rings. The molecule has 2 rings (SSSR count). The number of aromatic nitrogens is 2. The van der Waals surface area contributed by atoms with Crippen LogP contribution in [0.15, 0.2) is 9.95 Å². The van der Waals surface area contributed by atoms with Crippen molar-refractivity contribution in [3.63, 3.8) is 0 Å². The molecular weight excluding hydrogens is 370 g/mol. The van der Waals surface area contributed by atoms with Crippen molar-refractivity contribution in [1.82, 2.24) is 14.9 Å². The molecule has 0 aliphatic heterocycles. The third kappa shape index (κ3) is 4.47. The summed E-state index contributed by atoms with van der Waals surface area (Å²) in [6.45, 7) is 10.9. The van der Waals surface area contributed by atoms with Crippen LogP contribution < -0.4 is 10.9 Å². The van der Waals surface area contributed by atoms with Crippen LogP contribution >= 0.6 is 23.1 Å². The van der Waals surface area contributed by atoms with Gasteiger partial charge in [-0.3, -0.25) is 14.2 Å². The number of methoxy groups -OCH3 is 1. The van der Waals surface area contributed by atoms with Gasteiger partial charge in [0.2, 0.25) is 5.91 Å². The average Bonchev–Trinajstić information content (AvgIpc) is 2.85. The predicted molar refractivity (Wildman–Crippen MR) is 109 cm³/mol. The topological polar surface area (TPSA) is 73.2 Å². The minimum atomic E-state index is -0.339. The Hall–Kier alpha value is -1.38. The normalized spacial score (nSPS) is 12.7. The van der Waals surface area contributed by atoms with Crippen molar-refractivity contribution in [3.05, 3.63) is 20.8 Å². The number of aryl methyl sites for hydroxylation is 2. The van der Waals surface area contributed by atoms with Gasteiger partial charge >= 0.3 is 0 Å². The first-order chi connectivity index (χ1) is 12.3. The van der Waals surface area contributed by atoms with Crippen molar-refractivity contribution in [1.29, 1.82) is 0 Å². The zero-order valence-electron chi connectivity index (χ0n) is 16.2. The van der Waals surface area contributed by atoms with E-state index in [9.17, 15) is 9.59 Å². The lowest BCUT2D eigenvalue weighted by Gasteiger charge is -2.18. The molecule has 1 atom stereocenters. The summed E-state index contributed by atoms with van der Waals surface area (Å²) in [7, 11) is 1.64. The molecule has 0 radical (unpaired) electrons. The molecule has 6 nitrogen and oxygen atoms in total. The number of amides is 1. The van der Waals surface area contributed by atoms with Crippen molar-refractivity contribution < 1.29 is 9.53 Å². The first-order valence-corrected chi connectivity index (χ1v) is 10.4. The predicted octanol–water partition coefficient (Wildman–Crippen LogP) is 3.29. The van der Waals surface area contributed by atoms with E-state index in [1.165, 1.54) is 23.1 Å². The Morgan fingerprint density at radius 1 is 1.35 bits per heavy atom. The van der Waals surface area contributed by atoms with Gasteiger partial charge < -0.3 is 10.1 Å². The summed E-state index contributed by atoms with van der Waals surface area (Å²) in [4.78, 5) is 31.9. The van der Waals surface area contributed by atoms with Crippen molar-refractivity contribution >= 4 is 39.2 Å². The molecule has 144 valence electrons. The Labute approximate surface area is 162 Å². The first-order valence-electron chi connectivity index (χ1n) is 8.73. The molecule has 0 saturated heterocycles. The van der Waals surface area contributed by atoms with Crippen LogP contribution in [0.2, 0.25) is 0 Å². The van der Waals surface area contributed by atoms with Crippen LogP contribution in [0, 0.1) is 13.8 Å². The van der Waals surface area contributed by atoms with Crippen molar-refractivity contribution in [2.45, 2.75) is 57.5 Å². The van der Waals surface area contributed by atoms with Gasteiger partial charge in [0.15, 0.2) is 5.16 Å². The quantitative estimate of drug-likeness (QED) is 0.420. The van der Waals surface area contributed by atoms with E-state index in [1.807, 2.05) is 34.6 Å². The minimum Gasteiger partial charge on any atom is -0.385 e. The van der Waals surface area contributed by atoms with Gasteiger partial charge in [-0.25, -0.2) is 4.98 Å². The summed E-state index contributed by atoms with van der Waals surface area (Å²) in [5, 5.41) is 3.85. The van der Waals surface area contributed by atoms with E-state index in [4.69, 9.17) is 9.72 Å². The maximum absolute atomic E-state index is 13.0. The zero-order valence-corrected chi connectivity index (χ0v) is 17.8. The van der Waals surface area contributed by atoms with Gasteiger partial charge in [0.05, 0.1) is 10.6 Å². The molecule has 0 spiro atoms. The van der Waals surface area contributed by atoms with Gasteiger partial charge in [0, 0.05) is 31.2 Å². The fourth-order valence-corrected chi connectivity index (χ4v) is 4.75. The maximum atomic E-state index is 13.0. The Bertz CT molecular complexity index is 842. The van der Waals surface area contributed by atoms with Gasteiger partial charge in [0.25, 0.3) is 5.56 Å². The molecule has 0 saturated carbocycles. The summed E-state index contributed by atoms with van der Waals surface area (Å²) < 4.78 is 6.68. The van der Waals surface area contributed by atoms with Crippen LogP contribution in [0.25, 0.3) is 10.2 Å². The maximum Gasteiger partial charge on any atom is 0.263 e. The third-order valence-corrected chi connectivity index (χ3v) is 6.36. The van der Waals surface area contributed by atoms with Gasteiger partial charge in [0.1, 0.15) is 4.83 Å². The number of hydrogen-bond donors (Lipinski definition) is 1. The molecule has 0 fully saturated rings. The smallest absolute Gasteiger partial charge is 0.263 e. The highest BCUT2D eigenvalue weighted by molar-refractivity contribution is 8.00. The van der Waals surface area contributed by atoms with Crippen molar-refractivity contribution in [2.75, 3.05) is 20.3 Å². The fraction of sp³-hybridized carbons (Fsp3) is 0.611. The van der Waals surface area contributed by atoms with Gasteiger partial charge in [-0.2, -0.15) is 0 Å². The molecule has 0 aliphatic rings. The van der Waals surface area contributed by atoms with Crippen LogP contribution in [0.4, 0.5) is 0 Å².